The van der Waals surface area contributed by atoms with Crippen LogP contribution in [0.5, 0.6) is 23.0 Å². The summed E-state index contributed by atoms with van der Waals surface area (Å²) in [5.74, 6) is 2.29. The van der Waals surface area contributed by atoms with Crippen molar-refractivity contribution in [1.82, 2.24) is 0 Å². The van der Waals surface area contributed by atoms with Crippen LogP contribution in [0.4, 0.5) is 0 Å². The van der Waals surface area contributed by atoms with E-state index in [0.29, 0.717) is 0 Å². The van der Waals surface area contributed by atoms with Gasteiger partial charge < -0.3 is 18.9 Å². The van der Waals surface area contributed by atoms with Crippen molar-refractivity contribution in [3.05, 3.63) is 119 Å². The molecule has 42 heavy (non-hydrogen) atoms. The zero-order chi connectivity index (χ0) is 30.9. The highest BCUT2D eigenvalue weighted by atomic mass is 35.6. The zero-order valence-electron chi connectivity index (χ0n) is 23.3. The molecule has 0 saturated carbocycles. The van der Waals surface area contributed by atoms with Crippen molar-refractivity contribution in [2.75, 3.05) is 28.4 Å². The Morgan fingerprint density at radius 3 is 0.643 bits per heavy atom. The summed E-state index contributed by atoms with van der Waals surface area (Å²) in [4.78, 5) is 0. The molecule has 4 aromatic carbocycles. The summed E-state index contributed by atoms with van der Waals surface area (Å²) in [6.45, 7) is 0. The number of alkyl halides is 6. The van der Waals surface area contributed by atoms with Crippen molar-refractivity contribution in [3.63, 3.8) is 0 Å². The van der Waals surface area contributed by atoms with Gasteiger partial charge in [-0.1, -0.05) is 118 Å². The van der Waals surface area contributed by atoms with Crippen molar-refractivity contribution in [1.29, 1.82) is 0 Å². The van der Waals surface area contributed by atoms with Gasteiger partial charge in [0.15, 0.2) is 0 Å². The average Bonchev–Trinajstić information content (AvgIpc) is 2.98. The Balaban J connectivity index is 0.000000230. The third kappa shape index (κ3) is 9.41. The van der Waals surface area contributed by atoms with Crippen LogP contribution in [0.2, 0.25) is 0 Å². The van der Waals surface area contributed by atoms with Crippen LogP contribution < -0.4 is 18.9 Å². The Hall–Kier alpha value is -2.18. The summed E-state index contributed by atoms with van der Waals surface area (Å²) >= 11 is 37.1. The van der Waals surface area contributed by atoms with E-state index in [0.717, 1.165) is 45.3 Å². The van der Waals surface area contributed by atoms with E-state index in [9.17, 15) is 0 Å². The van der Waals surface area contributed by atoms with Gasteiger partial charge in [0.25, 0.3) is 0 Å². The van der Waals surface area contributed by atoms with Crippen LogP contribution in [0.25, 0.3) is 0 Å². The molecule has 0 atom stereocenters. The van der Waals surface area contributed by atoms with E-state index in [1.807, 2.05) is 97.1 Å². The first-order chi connectivity index (χ1) is 19.9. The maximum Gasteiger partial charge on any atom is 0.201 e. The van der Waals surface area contributed by atoms with Crippen LogP contribution in [0.15, 0.2) is 97.1 Å². The first-order valence-electron chi connectivity index (χ1n) is 12.6. The van der Waals surface area contributed by atoms with E-state index in [2.05, 4.69) is 0 Å². The van der Waals surface area contributed by atoms with Crippen molar-refractivity contribution < 1.29 is 18.9 Å². The van der Waals surface area contributed by atoms with Gasteiger partial charge in [0.1, 0.15) is 23.0 Å². The summed E-state index contributed by atoms with van der Waals surface area (Å²) in [6, 6.07) is 30.0. The molecule has 0 radical (unpaired) electrons. The first kappa shape index (κ1) is 34.3. The number of hydrogen-bond donors (Lipinski definition) is 0. The minimum absolute atomic E-state index is 0.376. The van der Waals surface area contributed by atoms with Gasteiger partial charge in [-0.3, -0.25) is 0 Å². The monoisotopic (exact) mass is 688 g/mol. The fraction of sp³-hybridized carbons (Fsp3) is 0.250. The molecule has 0 aromatic heterocycles. The lowest BCUT2D eigenvalue weighted by atomic mass is 9.92. The highest BCUT2D eigenvalue weighted by Crippen LogP contribution is 2.47. The molecule has 0 spiro atoms. The summed E-state index contributed by atoms with van der Waals surface area (Å²) in [7, 11) is 6.46. The van der Waals surface area contributed by atoms with Crippen molar-refractivity contribution in [2.24, 2.45) is 0 Å². The number of halogens is 6. The molecular formula is C32H30Cl6O4. The van der Waals surface area contributed by atoms with E-state index in [4.69, 9.17) is 88.6 Å². The Morgan fingerprint density at radius 2 is 0.524 bits per heavy atom. The van der Waals surface area contributed by atoms with Crippen molar-refractivity contribution in [2.45, 2.75) is 19.4 Å². The second kappa shape index (κ2) is 15.5. The largest absolute Gasteiger partial charge is 0.497 e. The van der Waals surface area contributed by atoms with Crippen LogP contribution >= 0.6 is 69.6 Å². The average molecular weight is 691 g/mol. The molecule has 10 heteroatoms. The van der Waals surface area contributed by atoms with E-state index in [1.54, 1.807) is 28.4 Å². The second-order valence-corrected chi connectivity index (χ2v) is 13.8. The number of methoxy groups -OCH3 is 4. The number of rotatable bonds is 8. The minimum atomic E-state index is -1.46. The summed E-state index contributed by atoms with van der Waals surface area (Å²) in [5.41, 5.74) is 3.61. The Kier molecular flexibility index (Phi) is 12.7. The van der Waals surface area contributed by atoms with Gasteiger partial charge in [0.05, 0.1) is 40.3 Å². The molecule has 0 bridgehead atoms. The summed E-state index contributed by atoms with van der Waals surface area (Å²) in [5, 5.41) is 0. The summed E-state index contributed by atoms with van der Waals surface area (Å²) in [6.07, 6.45) is 0. The van der Waals surface area contributed by atoms with Crippen molar-refractivity contribution in [3.8, 4) is 23.0 Å². The number of hydrogen-bond acceptors (Lipinski definition) is 4. The van der Waals surface area contributed by atoms with E-state index in [-0.39, 0.29) is 11.8 Å². The molecule has 4 aromatic rings. The standard InChI is InChI=1S/2C16H15Cl3O2/c2*1-20-13-7-3-11(4-8-13)15(16(17,18)19)12-5-9-14(21-2)10-6-12/h2*3-10,15H,1-2H3. The maximum absolute atomic E-state index is 6.18. The molecule has 0 N–H and O–H groups in total. The normalized spacial score (nSPS) is 11.5. The van der Waals surface area contributed by atoms with Gasteiger partial charge in [0, 0.05) is 0 Å². The van der Waals surface area contributed by atoms with Gasteiger partial charge in [-0.25, -0.2) is 0 Å². The molecule has 0 unspecified atom stereocenters. The van der Waals surface area contributed by atoms with E-state index in [1.165, 1.54) is 0 Å². The predicted molar refractivity (Wildman–Crippen MR) is 176 cm³/mol. The van der Waals surface area contributed by atoms with Gasteiger partial charge in [-0.05, 0) is 70.8 Å². The van der Waals surface area contributed by atoms with Crippen LogP contribution in [-0.4, -0.2) is 36.0 Å². The van der Waals surface area contributed by atoms with Crippen LogP contribution in [0.3, 0.4) is 0 Å². The topological polar surface area (TPSA) is 36.9 Å². The van der Waals surface area contributed by atoms with Gasteiger partial charge in [0.2, 0.25) is 7.59 Å². The first-order valence-corrected chi connectivity index (χ1v) is 14.9. The maximum atomic E-state index is 6.18. The molecular weight excluding hydrogens is 661 g/mol. The van der Waals surface area contributed by atoms with Crippen molar-refractivity contribution >= 4 is 69.6 Å². The minimum Gasteiger partial charge on any atom is -0.497 e. The van der Waals surface area contributed by atoms with Crippen LogP contribution in [0.1, 0.15) is 34.1 Å². The molecule has 0 fully saturated rings. The molecule has 4 rings (SSSR count). The SMILES string of the molecule is COc1ccc(C(c2ccc(OC)cc2)C(Cl)(Cl)Cl)cc1.COc1ccc(C(c2ccc(OC)cc2)C(Cl)(Cl)Cl)cc1. The zero-order valence-corrected chi connectivity index (χ0v) is 27.8. The fourth-order valence-electron chi connectivity index (χ4n) is 4.33. The fourth-order valence-corrected chi connectivity index (χ4v) is 5.84. The van der Waals surface area contributed by atoms with Crippen LogP contribution in [-0.2, 0) is 0 Å². The molecule has 0 saturated heterocycles. The summed E-state index contributed by atoms with van der Waals surface area (Å²) < 4.78 is 17.7. The van der Waals surface area contributed by atoms with Gasteiger partial charge in [-0.2, -0.15) is 0 Å². The molecule has 4 nitrogen and oxygen atoms in total. The highest BCUT2D eigenvalue weighted by molar-refractivity contribution is 6.68. The van der Waals surface area contributed by atoms with Crippen LogP contribution in [0, 0.1) is 0 Å². The predicted octanol–water partition coefficient (Wildman–Crippen LogP) is 10.4. The molecule has 0 heterocycles. The second-order valence-electron chi connectivity index (χ2n) is 9.04. The molecule has 0 aliphatic heterocycles. The quantitative estimate of drug-likeness (QED) is 0.173. The number of ether oxygens (including phenoxy) is 4. The van der Waals surface area contributed by atoms with E-state index >= 15 is 0 Å². The third-order valence-electron chi connectivity index (χ3n) is 6.45. The van der Waals surface area contributed by atoms with E-state index < -0.39 is 7.59 Å². The molecule has 0 aliphatic rings. The lowest BCUT2D eigenvalue weighted by Crippen LogP contribution is -2.18. The Morgan fingerprint density at radius 1 is 0.357 bits per heavy atom. The Bertz CT molecular complexity index is 1160. The molecule has 224 valence electrons. The lowest BCUT2D eigenvalue weighted by Gasteiger charge is -2.25. The lowest BCUT2D eigenvalue weighted by molar-refractivity contribution is 0.414. The number of benzene rings is 4. The highest BCUT2D eigenvalue weighted by Gasteiger charge is 2.36. The van der Waals surface area contributed by atoms with Gasteiger partial charge in [-0.15, -0.1) is 0 Å². The smallest absolute Gasteiger partial charge is 0.201 e. The Labute approximate surface area is 277 Å². The third-order valence-corrected chi connectivity index (χ3v) is 7.76. The molecule has 0 amide bonds. The molecule has 0 aliphatic carbocycles. The van der Waals surface area contributed by atoms with Gasteiger partial charge >= 0.3 is 0 Å².